The standard InChI is InChI=1S/C23H30N2O4S/c1-6-23(2,3)13-10-11-14-17(12-13)30-22(18(14)20(24)26)25-21(27)19-15(28-4)8-7-9-16(19)29-5/h7-9,13H,6,10-12H2,1-5H3,(H2,24,26)(H,25,27). The van der Waals surface area contributed by atoms with E-state index in [0.717, 1.165) is 36.1 Å². The lowest BCUT2D eigenvalue weighted by atomic mass is 9.69. The molecule has 0 radical (unpaired) electrons. The molecule has 2 amide bonds. The maximum atomic E-state index is 13.1. The van der Waals surface area contributed by atoms with E-state index in [9.17, 15) is 9.59 Å². The molecule has 6 nitrogen and oxygen atoms in total. The molecule has 0 spiro atoms. The second kappa shape index (κ2) is 8.68. The first-order valence-electron chi connectivity index (χ1n) is 10.2. The van der Waals surface area contributed by atoms with Crippen LogP contribution in [0.2, 0.25) is 0 Å². The van der Waals surface area contributed by atoms with Gasteiger partial charge in [0.2, 0.25) is 0 Å². The van der Waals surface area contributed by atoms with E-state index in [-0.39, 0.29) is 11.0 Å². The Morgan fingerprint density at radius 1 is 1.20 bits per heavy atom. The summed E-state index contributed by atoms with van der Waals surface area (Å²) >= 11 is 1.46. The van der Waals surface area contributed by atoms with Gasteiger partial charge in [-0.05, 0) is 48.3 Å². The Kier molecular flexibility index (Phi) is 6.41. The molecular weight excluding hydrogens is 400 g/mol. The zero-order chi connectivity index (χ0) is 22.1. The average Bonchev–Trinajstić information content (AvgIpc) is 3.09. The van der Waals surface area contributed by atoms with E-state index < -0.39 is 11.8 Å². The van der Waals surface area contributed by atoms with Crippen molar-refractivity contribution in [1.82, 2.24) is 0 Å². The Morgan fingerprint density at radius 3 is 2.37 bits per heavy atom. The van der Waals surface area contributed by atoms with Gasteiger partial charge in [-0.2, -0.15) is 0 Å². The molecule has 1 atom stereocenters. The molecule has 1 unspecified atom stereocenters. The second-order valence-corrected chi connectivity index (χ2v) is 9.45. The van der Waals surface area contributed by atoms with Gasteiger partial charge in [-0.3, -0.25) is 9.59 Å². The van der Waals surface area contributed by atoms with Gasteiger partial charge in [-0.1, -0.05) is 33.3 Å². The zero-order valence-electron chi connectivity index (χ0n) is 18.3. The monoisotopic (exact) mass is 430 g/mol. The van der Waals surface area contributed by atoms with Crippen molar-refractivity contribution < 1.29 is 19.1 Å². The minimum atomic E-state index is -0.511. The van der Waals surface area contributed by atoms with Crippen LogP contribution in [0.3, 0.4) is 0 Å². The zero-order valence-corrected chi connectivity index (χ0v) is 19.1. The van der Waals surface area contributed by atoms with Crippen molar-refractivity contribution in [2.24, 2.45) is 17.1 Å². The molecule has 1 aromatic heterocycles. The summed E-state index contributed by atoms with van der Waals surface area (Å²) in [6, 6.07) is 5.15. The fourth-order valence-corrected chi connectivity index (χ4v) is 5.46. The number of carbonyl (C=O) groups is 2. The maximum Gasteiger partial charge on any atom is 0.263 e. The number of carbonyl (C=O) groups excluding carboxylic acids is 2. The van der Waals surface area contributed by atoms with Crippen molar-refractivity contribution in [2.45, 2.75) is 46.5 Å². The van der Waals surface area contributed by atoms with Crippen LogP contribution in [-0.2, 0) is 12.8 Å². The molecule has 162 valence electrons. The van der Waals surface area contributed by atoms with Crippen molar-refractivity contribution in [2.75, 3.05) is 19.5 Å². The van der Waals surface area contributed by atoms with Crippen molar-refractivity contribution in [3.05, 3.63) is 39.8 Å². The lowest BCUT2D eigenvalue weighted by molar-refractivity contribution is 0.0999. The molecule has 0 bridgehead atoms. The van der Waals surface area contributed by atoms with Crippen molar-refractivity contribution >= 4 is 28.2 Å². The van der Waals surface area contributed by atoms with E-state index in [1.54, 1.807) is 18.2 Å². The molecular formula is C23H30N2O4S. The number of hydrogen-bond acceptors (Lipinski definition) is 5. The van der Waals surface area contributed by atoms with Gasteiger partial charge in [0.1, 0.15) is 22.1 Å². The molecule has 3 N–H and O–H groups in total. The predicted octanol–water partition coefficient (Wildman–Crippen LogP) is 4.66. The fraction of sp³-hybridized carbons (Fsp3) is 0.478. The highest BCUT2D eigenvalue weighted by Gasteiger charge is 2.35. The summed E-state index contributed by atoms with van der Waals surface area (Å²) in [4.78, 5) is 26.5. The molecule has 0 aliphatic heterocycles. The highest BCUT2D eigenvalue weighted by atomic mass is 32.1. The van der Waals surface area contributed by atoms with Gasteiger partial charge >= 0.3 is 0 Å². The number of amides is 2. The van der Waals surface area contributed by atoms with Crippen molar-refractivity contribution in [1.29, 1.82) is 0 Å². The van der Waals surface area contributed by atoms with Gasteiger partial charge in [0, 0.05) is 4.88 Å². The molecule has 1 heterocycles. The minimum Gasteiger partial charge on any atom is -0.496 e. The number of rotatable bonds is 7. The van der Waals surface area contributed by atoms with E-state index in [1.165, 1.54) is 25.6 Å². The van der Waals surface area contributed by atoms with Crippen LogP contribution in [0.1, 0.15) is 64.8 Å². The molecule has 0 saturated heterocycles. The Balaban J connectivity index is 1.97. The minimum absolute atomic E-state index is 0.225. The van der Waals surface area contributed by atoms with E-state index in [2.05, 4.69) is 26.1 Å². The number of nitrogens with one attached hydrogen (secondary N) is 1. The summed E-state index contributed by atoms with van der Waals surface area (Å²) in [5.41, 5.74) is 7.65. The van der Waals surface area contributed by atoms with Crippen molar-refractivity contribution in [3.63, 3.8) is 0 Å². The van der Waals surface area contributed by atoms with E-state index in [1.807, 2.05) is 0 Å². The third kappa shape index (κ3) is 4.03. The number of benzene rings is 1. The van der Waals surface area contributed by atoms with E-state index in [0.29, 0.717) is 28.0 Å². The number of ether oxygens (including phenoxy) is 2. The molecule has 1 aromatic carbocycles. The quantitative estimate of drug-likeness (QED) is 0.668. The van der Waals surface area contributed by atoms with Gasteiger partial charge in [-0.15, -0.1) is 11.3 Å². The molecule has 0 saturated carbocycles. The summed E-state index contributed by atoms with van der Waals surface area (Å²) in [7, 11) is 3.00. The molecule has 2 aromatic rings. The number of primary amides is 1. The molecule has 7 heteroatoms. The Morgan fingerprint density at radius 2 is 1.83 bits per heavy atom. The van der Waals surface area contributed by atoms with Crippen LogP contribution in [0.25, 0.3) is 0 Å². The largest absolute Gasteiger partial charge is 0.496 e. The highest BCUT2D eigenvalue weighted by Crippen LogP contribution is 2.45. The van der Waals surface area contributed by atoms with Crippen LogP contribution in [0.5, 0.6) is 11.5 Å². The highest BCUT2D eigenvalue weighted by molar-refractivity contribution is 7.17. The van der Waals surface area contributed by atoms with Crippen molar-refractivity contribution in [3.8, 4) is 11.5 Å². The second-order valence-electron chi connectivity index (χ2n) is 8.35. The maximum absolute atomic E-state index is 13.1. The smallest absolute Gasteiger partial charge is 0.263 e. The molecule has 3 rings (SSSR count). The summed E-state index contributed by atoms with van der Waals surface area (Å²) in [6.07, 6.45) is 3.80. The molecule has 1 aliphatic rings. The normalized spacial score (nSPS) is 16.0. The van der Waals surface area contributed by atoms with Crippen LogP contribution >= 0.6 is 11.3 Å². The number of hydrogen-bond donors (Lipinski definition) is 2. The number of methoxy groups -OCH3 is 2. The fourth-order valence-electron chi connectivity index (χ4n) is 4.13. The third-order valence-electron chi connectivity index (χ3n) is 6.41. The van der Waals surface area contributed by atoms with Crippen LogP contribution in [0.15, 0.2) is 18.2 Å². The van der Waals surface area contributed by atoms with E-state index in [4.69, 9.17) is 15.2 Å². The Labute approximate surface area is 181 Å². The Hall–Kier alpha value is -2.54. The topological polar surface area (TPSA) is 90.7 Å². The van der Waals surface area contributed by atoms with Gasteiger partial charge in [-0.25, -0.2) is 0 Å². The summed E-state index contributed by atoms with van der Waals surface area (Å²) in [6.45, 7) is 6.80. The Bertz CT molecular complexity index is 942. The van der Waals surface area contributed by atoms with E-state index >= 15 is 0 Å². The summed E-state index contributed by atoms with van der Waals surface area (Å²) < 4.78 is 10.7. The number of nitrogens with two attached hydrogens (primary N) is 1. The van der Waals surface area contributed by atoms with Crippen LogP contribution < -0.4 is 20.5 Å². The lowest BCUT2D eigenvalue weighted by Gasteiger charge is -2.36. The third-order valence-corrected chi connectivity index (χ3v) is 7.58. The lowest BCUT2D eigenvalue weighted by Crippen LogP contribution is -2.29. The summed E-state index contributed by atoms with van der Waals surface area (Å²) in [5, 5.41) is 3.40. The van der Waals surface area contributed by atoms with Gasteiger partial charge in [0.05, 0.1) is 19.8 Å². The van der Waals surface area contributed by atoms with Crippen LogP contribution in [0, 0.1) is 11.3 Å². The first kappa shape index (κ1) is 22.2. The van der Waals surface area contributed by atoms with Gasteiger partial charge in [0.25, 0.3) is 11.8 Å². The van der Waals surface area contributed by atoms with Gasteiger partial charge in [0.15, 0.2) is 0 Å². The summed E-state index contributed by atoms with van der Waals surface area (Å²) in [5.74, 6) is 0.433. The average molecular weight is 431 g/mol. The van der Waals surface area contributed by atoms with Crippen LogP contribution in [0.4, 0.5) is 5.00 Å². The number of anilines is 1. The molecule has 30 heavy (non-hydrogen) atoms. The first-order valence-corrected chi connectivity index (χ1v) is 11.0. The molecule has 1 aliphatic carbocycles. The molecule has 0 fully saturated rings. The number of fused-ring (bicyclic) bond motifs is 1. The first-order chi connectivity index (χ1) is 14.2. The van der Waals surface area contributed by atoms with Gasteiger partial charge < -0.3 is 20.5 Å². The SMILES string of the molecule is CCC(C)(C)C1CCc2c(sc(NC(=O)c3c(OC)cccc3OC)c2C(N)=O)C1. The number of thiophene rings is 1. The van der Waals surface area contributed by atoms with Crippen LogP contribution in [-0.4, -0.2) is 26.0 Å². The predicted molar refractivity (Wildman–Crippen MR) is 120 cm³/mol.